The number of halogens is 2. The number of nitrogen functional groups attached to an aromatic ring is 1. The zero-order valence-corrected chi connectivity index (χ0v) is 12.4. The van der Waals surface area contributed by atoms with Gasteiger partial charge in [-0.05, 0) is 40.5 Å². The van der Waals surface area contributed by atoms with Crippen LogP contribution in [-0.4, -0.2) is 10.9 Å². The Morgan fingerprint density at radius 2 is 2.21 bits per heavy atom. The minimum Gasteiger partial charge on any atom is -0.397 e. The van der Waals surface area contributed by atoms with Crippen molar-refractivity contribution in [1.82, 2.24) is 4.98 Å². The number of benzene rings is 1. The zero-order chi connectivity index (χ0) is 14.0. The van der Waals surface area contributed by atoms with Crippen LogP contribution in [0.3, 0.4) is 0 Å². The van der Waals surface area contributed by atoms with Crippen molar-refractivity contribution in [3.63, 3.8) is 0 Å². The van der Waals surface area contributed by atoms with E-state index < -0.39 is 0 Å². The molecular formula is C13H11BrClN3O. The van der Waals surface area contributed by atoms with Gasteiger partial charge in [-0.25, -0.2) is 4.98 Å². The second kappa shape index (κ2) is 5.59. The molecule has 0 saturated carbocycles. The van der Waals surface area contributed by atoms with Crippen LogP contribution < -0.4 is 11.1 Å². The van der Waals surface area contributed by atoms with Gasteiger partial charge in [0.1, 0.15) is 5.15 Å². The van der Waals surface area contributed by atoms with Crippen LogP contribution in [-0.2, 0) is 0 Å². The van der Waals surface area contributed by atoms with Crippen molar-refractivity contribution in [2.75, 3.05) is 11.1 Å². The lowest BCUT2D eigenvalue weighted by Gasteiger charge is -2.10. The third-order valence-electron chi connectivity index (χ3n) is 2.59. The Morgan fingerprint density at radius 3 is 2.95 bits per heavy atom. The quantitative estimate of drug-likeness (QED) is 0.820. The number of hydrogen-bond donors (Lipinski definition) is 2. The highest BCUT2D eigenvalue weighted by Crippen LogP contribution is 2.26. The molecule has 98 valence electrons. The number of pyridine rings is 1. The summed E-state index contributed by atoms with van der Waals surface area (Å²) in [4.78, 5) is 16.0. The molecule has 1 amide bonds. The molecule has 0 spiro atoms. The fraction of sp³-hybridized carbons (Fsp3) is 0.0769. The molecule has 2 rings (SSSR count). The van der Waals surface area contributed by atoms with Gasteiger partial charge >= 0.3 is 0 Å². The lowest BCUT2D eigenvalue weighted by atomic mass is 10.2. The van der Waals surface area contributed by atoms with Gasteiger partial charge in [0.25, 0.3) is 5.91 Å². The average Bonchev–Trinajstić information content (AvgIpc) is 2.38. The molecule has 1 aromatic carbocycles. The van der Waals surface area contributed by atoms with Crippen LogP contribution in [0.1, 0.15) is 15.9 Å². The first-order valence-electron chi connectivity index (χ1n) is 5.46. The van der Waals surface area contributed by atoms with E-state index in [2.05, 4.69) is 26.2 Å². The van der Waals surface area contributed by atoms with E-state index in [0.29, 0.717) is 11.3 Å². The number of anilines is 2. The third kappa shape index (κ3) is 3.05. The number of aromatic nitrogens is 1. The molecule has 4 nitrogen and oxygen atoms in total. The van der Waals surface area contributed by atoms with Crippen LogP contribution in [0.5, 0.6) is 0 Å². The van der Waals surface area contributed by atoms with E-state index in [9.17, 15) is 4.79 Å². The van der Waals surface area contributed by atoms with Gasteiger partial charge in [0.15, 0.2) is 0 Å². The zero-order valence-electron chi connectivity index (χ0n) is 10.1. The number of amides is 1. The summed E-state index contributed by atoms with van der Waals surface area (Å²) in [6.45, 7) is 1.94. The Labute approximate surface area is 124 Å². The van der Waals surface area contributed by atoms with Crippen LogP contribution in [0.25, 0.3) is 0 Å². The van der Waals surface area contributed by atoms with Gasteiger partial charge in [0, 0.05) is 4.47 Å². The van der Waals surface area contributed by atoms with E-state index in [-0.39, 0.29) is 16.7 Å². The van der Waals surface area contributed by atoms with Crippen molar-refractivity contribution in [2.24, 2.45) is 0 Å². The molecule has 3 N–H and O–H groups in total. The van der Waals surface area contributed by atoms with E-state index in [1.54, 1.807) is 6.07 Å². The van der Waals surface area contributed by atoms with Crippen molar-refractivity contribution in [1.29, 1.82) is 0 Å². The molecule has 19 heavy (non-hydrogen) atoms. The monoisotopic (exact) mass is 339 g/mol. The van der Waals surface area contributed by atoms with Crippen LogP contribution in [0, 0.1) is 6.92 Å². The minimum atomic E-state index is -0.326. The molecule has 1 heterocycles. The maximum absolute atomic E-state index is 12.2. The number of carbonyl (C=O) groups is 1. The number of carbonyl (C=O) groups excluding carboxylic acids is 1. The Hall–Kier alpha value is -1.59. The molecule has 0 radical (unpaired) electrons. The molecule has 0 aliphatic heterocycles. The van der Waals surface area contributed by atoms with Crippen molar-refractivity contribution < 1.29 is 4.79 Å². The maximum atomic E-state index is 12.2. The number of nitrogens with zero attached hydrogens (tertiary/aromatic N) is 1. The molecule has 2 aromatic rings. The van der Waals surface area contributed by atoms with Crippen LogP contribution in [0.2, 0.25) is 5.15 Å². The molecular weight excluding hydrogens is 330 g/mol. The van der Waals surface area contributed by atoms with Crippen molar-refractivity contribution in [3.8, 4) is 0 Å². The number of nitrogens with two attached hydrogens (primary N) is 1. The predicted molar refractivity (Wildman–Crippen MR) is 80.5 cm³/mol. The second-order valence-electron chi connectivity index (χ2n) is 3.98. The van der Waals surface area contributed by atoms with E-state index in [0.717, 1.165) is 10.0 Å². The summed E-state index contributed by atoms with van der Waals surface area (Å²) in [6, 6.07) is 7.04. The molecule has 0 unspecified atom stereocenters. The van der Waals surface area contributed by atoms with E-state index in [1.807, 2.05) is 19.1 Å². The summed E-state index contributed by atoms with van der Waals surface area (Å²) in [5.41, 5.74) is 8.01. The summed E-state index contributed by atoms with van der Waals surface area (Å²) >= 11 is 9.19. The highest BCUT2D eigenvalue weighted by molar-refractivity contribution is 9.10. The van der Waals surface area contributed by atoms with Gasteiger partial charge < -0.3 is 11.1 Å². The topological polar surface area (TPSA) is 68.0 Å². The van der Waals surface area contributed by atoms with Gasteiger partial charge in [-0.2, -0.15) is 0 Å². The molecule has 0 saturated heterocycles. The lowest BCUT2D eigenvalue weighted by molar-refractivity contribution is 0.102. The Bertz CT molecular complexity index is 646. The summed E-state index contributed by atoms with van der Waals surface area (Å²) < 4.78 is 0.835. The largest absolute Gasteiger partial charge is 0.397 e. The maximum Gasteiger partial charge on any atom is 0.257 e. The number of hydrogen-bond acceptors (Lipinski definition) is 3. The van der Waals surface area contributed by atoms with Crippen LogP contribution in [0.4, 0.5) is 11.4 Å². The van der Waals surface area contributed by atoms with Gasteiger partial charge in [0.05, 0.1) is 23.1 Å². The molecule has 1 aromatic heterocycles. The van der Waals surface area contributed by atoms with Gasteiger partial charge in [-0.3, -0.25) is 4.79 Å². The third-order valence-corrected chi connectivity index (χ3v) is 3.85. The summed E-state index contributed by atoms with van der Waals surface area (Å²) in [5, 5.41) is 3.01. The first-order chi connectivity index (χ1) is 8.99. The van der Waals surface area contributed by atoms with Gasteiger partial charge in [0.2, 0.25) is 0 Å². The fourth-order valence-electron chi connectivity index (χ4n) is 1.57. The van der Waals surface area contributed by atoms with E-state index >= 15 is 0 Å². The number of nitrogens with one attached hydrogen (secondary N) is 1. The fourth-order valence-corrected chi connectivity index (χ4v) is 2.09. The van der Waals surface area contributed by atoms with Crippen LogP contribution >= 0.6 is 27.5 Å². The van der Waals surface area contributed by atoms with Gasteiger partial charge in [-0.1, -0.05) is 23.7 Å². The van der Waals surface area contributed by atoms with Crippen molar-refractivity contribution in [3.05, 3.63) is 51.2 Å². The first-order valence-corrected chi connectivity index (χ1v) is 6.63. The average molecular weight is 341 g/mol. The molecule has 6 heteroatoms. The normalized spacial score (nSPS) is 10.3. The predicted octanol–water partition coefficient (Wildman–Crippen LogP) is 3.64. The lowest BCUT2D eigenvalue weighted by Crippen LogP contribution is -2.14. The SMILES string of the molecule is Cc1cccc(NC(=O)c2cc(Cl)ncc2N)c1Br. The van der Waals surface area contributed by atoms with Crippen molar-refractivity contribution in [2.45, 2.75) is 6.92 Å². The van der Waals surface area contributed by atoms with Crippen LogP contribution in [0.15, 0.2) is 34.9 Å². The Morgan fingerprint density at radius 1 is 1.47 bits per heavy atom. The Balaban J connectivity index is 2.31. The highest BCUT2D eigenvalue weighted by Gasteiger charge is 2.13. The first kappa shape index (κ1) is 13.8. The smallest absolute Gasteiger partial charge is 0.257 e. The molecule has 0 aliphatic carbocycles. The van der Waals surface area contributed by atoms with Crippen molar-refractivity contribution >= 4 is 44.8 Å². The summed E-state index contributed by atoms with van der Waals surface area (Å²) in [6.07, 6.45) is 1.36. The molecule has 0 bridgehead atoms. The highest BCUT2D eigenvalue weighted by atomic mass is 79.9. The second-order valence-corrected chi connectivity index (χ2v) is 5.17. The summed E-state index contributed by atoms with van der Waals surface area (Å²) in [5.74, 6) is -0.326. The van der Waals surface area contributed by atoms with E-state index in [1.165, 1.54) is 12.3 Å². The number of rotatable bonds is 2. The van der Waals surface area contributed by atoms with Gasteiger partial charge in [-0.15, -0.1) is 0 Å². The molecule has 0 aliphatic rings. The summed E-state index contributed by atoms with van der Waals surface area (Å²) in [7, 11) is 0. The standard InChI is InChI=1S/C13H11BrClN3O/c1-7-3-2-4-10(12(7)14)18-13(19)8-5-11(15)17-6-9(8)16/h2-6H,16H2,1H3,(H,18,19). The minimum absolute atomic E-state index is 0.225. The molecule has 0 fully saturated rings. The van der Waals surface area contributed by atoms with E-state index in [4.69, 9.17) is 17.3 Å². The number of aryl methyl sites for hydroxylation is 1. The molecule has 0 atom stereocenters. The Kier molecular flexibility index (Phi) is 4.07.